The van der Waals surface area contributed by atoms with Gasteiger partial charge in [-0.3, -0.25) is 4.79 Å². The summed E-state index contributed by atoms with van der Waals surface area (Å²) in [5.41, 5.74) is 12.8. The molecular weight excluding hydrogens is 226 g/mol. The van der Waals surface area contributed by atoms with Crippen molar-refractivity contribution in [3.8, 4) is 0 Å². The lowest BCUT2D eigenvalue weighted by Gasteiger charge is -2.17. The lowest BCUT2D eigenvalue weighted by molar-refractivity contribution is 0.100. The van der Waals surface area contributed by atoms with Crippen LogP contribution in [0.1, 0.15) is 49.9 Å². The predicted molar refractivity (Wildman–Crippen MR) is 76.6 cm³/mol. The first-order chi connectivity index (χ1) is 8.56. The van der Waals surface area contributed by atoms with E-state index in [1.165, 1.54) is 19.3 Å². The van der Waals surface area contributed by atoms with E-state index in [9.17, 15) is 4.79 Å². The first kappa shape index (κ1) is 14.4. The van der Waals surface area contributed by atoms with Crippen molar-refractivity contribution in [1.29, 1.82) is 0 Å². The number of nitrogen functional groups attached to an aromatic ring is 1. The second-order valence-electron chi connectivity index (χ2n) is 4.67. The van der Waals surface area contributed by atoms with Crippen molar-refractivity contribution in [2.75, 3.05) is 11.1 Å². The number of hydrogen-bond acceptors (Lipinski definition) is 3. The van der Waals surface area contributed by atoms with Gasteiger partial charge in [-0.15, -0.1) is 0 Å². The van der Waals surface area contributed by atoms with Crippen LogP contribution < -0.4 is 16.8 Å². The van der Waals surface area contributed by atoms with E-state index >= 15 is 0 Å². The van der Waals surface area contributed by atoms with E-state index in [1.807, 2.05) is 6.07 Å². The average Bonchev–Trinajstić information content (AvgIpc) is 2.32. The highest BCUT2D eigenvalue weighted by atomic mass is 16.1. The molecule has 0 aliphatic carbocycles. The van der Waals surface area contributed by atoms with Crippen molar-refractivity contribution in [2.45, 2.75) is 45.6 Å². The maximum absolute atomic E-state index is 11.2. The summed E-state index contributed by atoms with van der Waals surface area (Å²) >= 11 is 0. The number of unbranched alkanes of at least 4 members (excludes halogenated alkanes) is 2. The Morgan fingerprint density at radius 3 is 2.72 bits per heavy atom. The molecule has 0 aliphatic rings. The van der Waals surface area contributed by atoms with E-state index in [2.05, 4.69) is 19.2 Å². The normalized spacial score (nSPS) is 12.1. The van der Waals surface area contributed by atoms with Gasteiger partial charge < -0.3 is 16.8 Å². The third-order valence-corrected chi connectivity index (χ3v) is 3.01. The molecule has 1 atom stereocenters. The summed E-state index contributed by atoms with van der Waals surface area (Å²) in [5, 5.41) is 3.33. The van der Waals surface area contributed by atoms with Gasteiger partial charge >= 0.3 is 0 Å². The molecule has 5 N–H and O–H groups in total. The number of anilines is 2. The minimum Gasteiger partial charge on any atom is -0.396 e. The van der Waals surface area contributed by atoms with Crippen molar-refractivity contribution in [2.24, 2.45) is 5.73 Å². The molecule has 100 valence electrons. The molecule has 0 bridgehead atoms. The van der Waals surface area contributed by atoms with Gasteiger partial charge in [0.15, 0.2) is 0 Å². The molecule has 0 saturated carbocycles. The molecule has 1 amide bonds. The third-order valence-electron chi connectivity index (χ3n) is 3.01. The number of benzene rings is 1. The summed E-state index contributed by atoms with van der Waals surface area (Å²) in [7, 11) is 0. The van der Waals surface area contributed by atoms with Crippen molar-refractivity contribution in [3.63, 3.8) is 0 Å². The highest BCUT2D eigenvalue weighted by Gasteiger charge is 2.10. The van der Waals surface area contributed by atoms with Crippen molar-refractivity contribution < 1.29 is 4.79 Å². The Bertz CT molecular complexity index is 404. The standard InChI is InChI=1S/C14H23N3O/c1-3-4-5-7-10(2)17-12-9-6-8-11(13(12)15)14(16)18/h6,8-10,17H,3-5,7,15H2,1-2H3,(H2,16,18). The highest BCUT2D eigenvalue weighted by molar-refractivity contribution is 6.00. The molecule has 4 heteroatoms. The largest absolute Gasteiger partial charge is 0.396 e. The highest BCUT2D eigenvalue weighted by Crippen LogP contribution is 2.23. The Balaban J connectivity index is 2.67. The molecule has 0 fully saturated rings. The number of rotatable bonds is 7. The van der Waals surface area contributed by atoms with Crippen LogP contribution >= 0.6 is 0 Å². The van der Waals surface area contributed by atoms with Crippen molar-refractivity contribution >= 4 is 17.3 Å². The minimum atomic E-state index is -0.491. The van der Waals surface area contributed by atoms with Gasteiger partial charge in [0.25, 0.3) is 5.91 Å². The molecule has 0 radical (unpaired) electrons. The Morgan fingerprint density at radius 1 is 1.39 bits per heavy atom. The average molecular weight is 249 g/mol. The Hall–Kier alpha value is -1.71. The fourth-order valence-electron chi connectivity index (χ4n) is 1.94. The van der Waals surface area contributed by atoms with Gasteiger partial charge in [-0.2, -0.15) is 0 Å². The van der Waals surface area contributed by atoms with Gasteiger partial charge in [0.05, 0.1) is 16.9 Å². The molecular formula is C14H23N3O. The molecule has 1 aromatic carbocycles. The van der Waals surface area contributed by atoms with Crippen LogP contribution in [0.25, 0.3) is 0 Å². The summed E-state index contributed by atoms with van der Waals surface area (Å²) in [6.45, 7) is 4.30. The van der Waals surface area contributed by atoms with Gasteiger partial charge in [-0.1, -0.05) is 32.3 Å². The van der Waals surface area contributed by atoms with Gasteiger partial charge in [0.2, 0.25) is 0 Å². The Morgan fingerprint density at radius 2 is 2.11 bits per heavy atom. The lowest BCUT2D eigenvalue weighted by Crippen LogP contribution is -2.19. The maximum Gasteiger partial charge on any atom is 0.250 e. The quantitative estimate of drug-likeness (QED) is 0.513. The van der Waals surface area contributed by atoms with E-state index in [1.54, 1.807) is 12.1 Å². The summed E-state index contributed by atoms with van der Waals surface area (Å²) in [5.74, 6) is -0.491. The fraction of sp³-hybridized carbons (Fsp3) is 0.500. The zero-order valence-electron chi connectivity index (χ0n) is 11.2. The molecule has 18 heavy (non-hydrogen) atoms. The van der Waals surface area contributed by atoms with Crippen LogP contribution in [-0.2, 0) is 0 Å². The first-order valence-electron chi connectivity index (χ1n) is 6.51. The van der Waals surface area contributed by atoms with Crippen molar-refractivity contribution in [3.05, 3.63) is 23.8 Å². The van der Waals surface area contributed by atoms with Crippen LogP contribution in [0.4, 0.5) is 11.4 Å². The summed E-state index contributed by atoms with van der Waals surface area (Å²) in [4.78, 5) is 11.2. The van der Waals surface area contributed by atoms with Gasteiger partial charge in [-0.05, 0) is 25.5 Å². The minimum absolute atomic E-state index is 0.335. The monoisotopic (exact) mass is 249 g/mol. The topological polar surface area (TPSA) is 81.1 Å². The molecule has 0 spiro atoms. The lowest BCUT2D eigenvalue weighted by atomic mass is 10.1. The van der Waals surface area contributed by atoms with Crippen molar-refractivity contribution in [1.82, 2.24) is 0 Å². The zero-order chi connectivity index (χ0) is 13.5. The van der Waals surface area contributed by atoms with Crippen LogP contribution in [0, 0.1) is 0 Å². The second-order valence-corrected chi connectivity index (χ2v) is 4.67. The number of carbonyl (C=O) groups excluding carboxylic acids is 1. The Kier molecular flexibility index (Phi) is 5.49. The SMILES string of the molecule is CCCCCC(C)Nc1cccc(C(N)=O)c1N. The molecule has 4 nitrogen and oxygen atoms in total. The van der Waals surface area contributed by atoms with Crippen LogP contribution in [0.5, 0.6) is 0 Å². The van der Waals surface area contributed by atoms with Crippen LogP contribution in [0.3, 0.4) is 0 Å². The van der Waals surface area contributed by atoms with Crippen LogP contribution in [0.15, 0.2) is 18.2 Å². The molecule has 0 saturated heterocycles. The molecule has 0 heterocycles. The van der Waals surface area contributed by atoms with E-state index < -0.39 is 5.91 Å². The van der Waals surface area contributed by atoms with Gasteiger partial charge in [0, 0.05) is 6.04 Å². The number of para-hydroxylation sites is 1. The number of carbonyl (C=O) groups is 1. The predicted octanol–water partition coefficient (Wildman–Crippen LogP) is 2.75. The first-order valence-corrected chi connectivity index (χ1v) is 6.51. The Labute approximate surface area is 109 Å². The maximum atomic E-state index is 11.2. The molecule has 0 aromatic heterocycles. The zero-order valence-corrected chi connectivity index (χ0v) is 11.2. The number of amides is 1. The summed E-state index contributed by atoms with van der Waals surface area (Å²) in [6.07, 6.45) is 4.74. The van der Waals surface area contributed by atoms with Crippen LogP contribution in [-0.4, -0.2) is 11.9 Å². The smallest absolute Gasteiger partial charge is 0.250 e. The number of hydrogen-bond donors (Lipinski definition) is 3. The van der Waals surface area contributed by atoms with Gasteiger partial charge in [-0.25, -0.2) is 0 Å². The van der Waals surface area contributed by atoms with E-state index in [0.29, 0.717) is 17.3 Å². The molecule has 1 unspecified atom stereocenters. The second kappa shape index (κ2) is 6.89. The van der Waals surface area contributed by atoms with E-state index in [4.69, 9.17) is 11.5 Å². The summed E-state index contributed by atoms with van der Waals surface area (Å²) < 4.78 is 0. The summed E-state index contributed by atoms with van der Waals surface area (Å²) in [6, 6.07) is 5.64. The van der Waals surface area contributed by atoms with Gasteiger partial charge in [0.1, 0.15) is 0 Å². The third kappa shape index (κ3) is 3.95. The van der Waals surface area contributed by atoms with E-state index in [-0.39, 0.29) is 0 Å². The molecule has 1 rings (SSSR count). The number of nitrogens with one attached hydrogen (secondary N) is 1. The number of nitrogens with two attached hydrogens (primary N) is 2. The number of primary amides is 1. The van der Waals surface area contributed by atoms with E-state index in [0.717, 1.165) is 12.1 Å². The fourth-order valence-corrected chi connectivity index (χ4v) is 1.94. The molecule has 1 aromatic rings. The van der Waals surface area contributed by atoms with Crippen LogP contribution in [0.2, 0.25) is 0 Å². The molecule has 0 aliphatic heterocycles.